The summed E-state index contributed by atoms with van der Waals surface area (Å²) in [5.74, 6) is -1.99. The predicted octanol–water partition coefficient (Wildman–Crippen LogP) is 3.62. The molecule has 0 radical (unpaired) electrons. The van der Waals surface area contributed by atoms with Crippen molar-refractivity contribution in [1.29, 1.82) is 0 Å². The molecule has 0 bridgehead atoms. The van der Waals surface area contributed by atoms with Crippen molar-refractivity contribution in [1.82, 2.24) is 14.8 Å². The van der Waals surface area contributed by atoms with Gasteiger partial charge in [-0.25, -0.2) is 14.5 Å². The average Bonchev–Trinajstić information content (AvgIpc) is 2.78. The van der Waals surface area contributed by atoms with Crippen LogP contribution in [0.5, 0.6) is 0 Å². The number of nitrogens with one attached hydrogen (secondary N) is 1. The molecule has 0 aliphatic carbocycles. The van der Waals surface area contributed by atoms with Crippen LogP contribution >= 0.6 is 0 Å². The summed E-state index contributed by atoms with van der Waals surface area (Å²) in [6.45, 7) is 0. The largest absolute Gasteiger partial charge is 0.452 e. The standard InChI is InChI=1S/C11H4F9N3O/c12-9(13,14)4-1-5(10(15,16)17)3-6(2-4)23-7(11(18,19)20)21-22-8(23)24/h1-3H,(H,22,24). The number of hydrogen-bond acceptors (Lipinski definition) is 2. The molecular weight excluding hydrogens is 361 g/mol. The number of nitrogens with zero attached hydrogens (tertiary/aromatic N) is 2. The number of aromatic nitrogens is 3. The Hall–Kier alpha value is -2.47. The van der Waals surface area contributed by atoms with Gasteiger partial charge in [0.2, 0.25) is 5.82 Å². The topological polar surface area (TPSA) is 50.7 Å². The molecule has 0 fully saturated rings. The Balaban J connectivity index is 2.81. The molecule has 2 rings (SSSR count). The van der Waals surface area contributed by atoms with Crippen molar-refractivity contribution in [2.45, 2.75) is 18.5 Å². The van der Waals surface area contributed by atoms with Crippen molar-refractivity contribution in [2.75, 3.05) is 0 Å². The Labute approximate surface area is 125 Å². The van der Waals surface area contributed by atoms with Gasteiger partial charge in [-0.05, 0) is 18.2 Å². The van der Waals surface area contributed by atoms with Crippen LogP contribution in [-0.2, 0) is 18.5 Å². The first kappa shape index (κ1) is 17.9. The van der Waals surface area contributed by atoms with Gasteiger partial charge in [-0.3, -0.25) is 0 Å². The van der Waals surface area contributed by atoms with E-state index >= 15 is 0 Å². The molecule has 0 saturated heterocycles. The molecule has 13 heteroatoms. The minimum absolute atomic E-state index is 0.0125. The summed E-state index contributed by atoms with van der Waals surface area (Å²) in [5.41, 5.74) is -6.65. The van der Waals surface area contributed by atoms with E-state index in [-0.39, 0.29) is 18.2 Å². The zero-order valence-electron chi connectivity index (χ0n) is 10.9. The molecule has 0 saturated carbocycles. The molecule has 0 aliphatic rings. The smallest absolute Gasteiger partial charge is 0.246 e. The maximum Gasteiger partial charge on any atom is 0.452 e. The lowest BCUT2D eigenvalue weighted by molar-refractivity contribution is -0.146. The second-order valence-electron chi connectivity index (χ2n) is 4.45. The zero-order chi connectivity index (χ0) is 18.5. The minimum Gasteiger partial charge on any atom is -0.246 e. The Morgan fingerprint density at radius 3 is 1.62 bits per heavy atom. The maximum atomic E-state index is 12.7. The van der Waals surface area contributed by atoms with Crippen LogP contribution in [0.3, 0.4) is 0 Å². The van der Waals surface area contributed by atoms with E-state index in [0.29, 0.717) is 0 Å². The van der Waals surface area contributed by atoms with E-state index in [0.717, 1.165) is 0 Å². The molecule has 1 N–H and O–H groups in total. The summed E-state index contributed by atoms with van der Waals surface area (Å²) in [7, 11) is 0. The van der Waals surface area contributed by atoms with Crippen molar-refractivity contribution in [3.05, 3.63) is 45.6 Å². The summed E-state index contributed by atoms with van der Waals surface area (Å²) in [6.07, 6.45) is -15.8. The van der Waals surface area contributed by atoms with E-state index in [1.807, 2.05) is 0 Å². The summed E-state index contributed by atoms with van der Waals surface area (Å²) >= 11 is 0. The molecule has 0 unspecified atom stereocenters. The number of benzene rings is 1. The molecule has 2 aromatic rings. The van der Waals surface area contributed by atoms with Gasteiger partial charge < -0.3 is 0 Å². The van der Waals surface area contributed by atoms with Crippen LogP contribution in [0.1, 0.15) is 17.0 Å². The first-order chi connectivity index (χ1) is 10.7. The zero-order valence-corrected chi connectivity index (χ0v) is 10.9. The highest BCUT2D eigenvalue weighted by Gasteiger charge is 2.41. The quantitative estimate of drug-likeness (QED) is 0.785. The molecule has 132 valence electrons. The van der Waals surface area contributed by atoms with Crippen molar-refractivity contribution >= 4 is 0 Å². The molecule has 1 aromatic heterocycles. The number of rotatable bonds is 1. The number of halogens is 9. The fourth-order valence-corrected chi connectivity index (χ4v) is 1.79. The van der Waals surface area contributed by atoms with Gasteiger partial charge in [0.1, 0.15) is 0 Å². The molecule has 1 heterocycles. The third-order valence-electron chi connectivity index (χ3n) is 2.76. The third kappa shape index (κ3) is 3.38. The minimum atomic E-state index is -5.29. The molecule has 0 aliphatic heterocycles. The fraction of sp³-hybridized carbons (Fsp3) is 0.273. The van der Waals surface area contributed by atoms with Gasteiger partial charge in [0.05, 0.1) is 16.8 Å². The van der Waals surface area contributed by atoms with E-state index in [9.17, 15) is 44.3 Å². The number of H-pyrrole nitrogens is 1. The van der Waals surface area contributed by atoms with Crippen molar-refractivity contribution < 1.29 is 39.5 Å². The first-order valence-corrected chi connectivity index (χ1v) is 5.76. The van der Waals surface area contributed by atoms with E-state index in [2.05, 4.69) is 5.10 Å². The van der Waals surface area contributed by atoms with Gasteiger partial charge in [0.15, 0.2) is 0 Å². The lowest BCUT2D eigenvalue weighted by Crippen LogP contribution is -2.23. The summed E-state index contributed by atoms with van der Waals surface area (Å²) in [5, 5.41) is 3.92. The summed E-state index contributed by atoms with van der Waals surface area (Å²) in [4.78, 5) is 11.4. The lowest BCUT2D eigenvalue weighted by atomic mass is 10.1. The number of aromatic amines is 1. The van der Waals surface area contributed by atoms with Gasteiger partial charge in [-0.2, -0.15) is 39.5 Å². The molecule has 4 nitrogen and oxygen atoms in total. The van der Waals surface area contributed by atoms with Crippen LogP contribution in [0.25, 0.3) is 5.69 Å². The van der Waals surface area contributed by atoms with Gasteiger partial charge in [0, 0.05) is 0 Å². The van der Waals surface area contributed by atoms with Crippen molar-refractivity contribution in [3.63, 3.8) is 0 Å². The Morgan fingerprint density at radius 1 is 0.792 bits per heavy atom. The molecule has 0 atom stereocenters. The summed E-state index contributed by atoms with van der Waals surface area (Å²) < 4.78 is 114. The Kier molecular flexibility index (Phi) is 3.93. The predicted molar refractivity (Wildman–Crippen MR) is 59.2 cm³/mol. The second-order valence-corrected chi connectivity index (χ2v) is 4.45. The van der Waals surface area contributed by atoms with Crippen LogP contribution < -0.4 is 5.69 Å². The van der Waals surface area contributed by atoms with E-state index in [1.165, 1.54) is 5.10 Å². The highest BCUT2D eigenvalue weighted by atomic mass is 19.4. The van der Waals surface area contributed by atoms with Gasteiger partial charge in [0.25, 0.3) is 0 Å². The van der Waals surface area contributed by atoms with Crippen molar-refractivity contribution in [2.24, 2.45) is 0 Å². The van der Waals surface area contributed by atoms with Crippen LogP contribution in [0.4, 0.5) is 39.5 Å². The lowest BCUT2D eigenvalue weighted by Gasteiger charge is -2.15. The molecule has 0 amide bonds. The van der Waals surface area contributed by atoms with Crippen molar-refractivity contribution in [3.8, 4) is 5.69 Å². The van der Waals surface area contributed by atoms with E-state index in [4.69, 9.17) is 0 Å². The summed E-state index contributed by atoms with van der Waals surface area (Å²) in [6, 6.07) is -0.301. The average molecular weight is 365 g/mol. The van der Waals surface area contributed by atoms with Gasteiger partial charge >= 0.3 is 24.2 Å². The normalized spacial score (nSPS) is 13.4. The van der Waals surface area contributed by atoms with Crippen LogP contribution in [0.2, 0.25) is 0 Å². The monoisotopic (exact) mass is 365 g/mol. The first-order valence-electron chi connectivity index (χ1n) is 5.76. The molecular formula is C11H4F9N3O. The Bertz CT molecular complexity index is 778. The fourth-order valence-electron chi connectivity index (χ4n) is 1.79. The highest BCUT2D eigenvalue weighted by Crippen LogP contribution is 2.37. The SMILES string of the molecule is O=c1[nH]nc(C(F)(F)F)n1-c1cc(C(F)(F)F)cc(C(F)(F)F)c1. The van der Waals surface area contributed by atoms with E-state index < -0.39 is 51.4 Å². The third-order valence-corrected chi connectivity index (χ3v) is 2.76. The molecule has 0 spiro atoms. The maximum absolute atomic E-state index is 12.7. The van der Waals surface area contributed by atoms with Gasteiger partial charge in [-0.15, -0.1) is 5.10 Å². The Morgan fingerprint density at radius 2 is 1.25 bits per heavy atom. The number of alkyl halides is 9. The van der Waals surface area contributed by atoms with Gasteiger partial charge in [-0.1, -0.05) is 0 Å². The van der Waals surface area contributed by atoms with E-state index in [1.54, 1.807) is 0 Å². The van der Waals surface area contributed by atoms with Crippen LogP contribution in [0.15, 0.2) is 23.0 Å². The second kappa shape index (κ2) is 5.27. The number of hydrogen-bond donors (Lipinski definition) is 1. The van der Waals surface area contributed by atoms with Crippen LogP contribution in [0, 0.1) is 0 Å². The molecule has 24 heavy (non-hydrogen) atoms. The van der Waals surface area contributed by atoms with Crippen LogP contribution in [-0.4, -0.2) is 14.8 Å². The molecule has 1 aromatic carbocycles. The highest BCUT2D eigenvalue weighted by molar-refractivity contribution is 5.43.